The third-order valence-corrected chi connectivity index (χ3v) is 6.63. The third kappa shape index (κ3) is 1.31. The van der Waals surface area contributed by atoms with Crippen LogP contribution in [0.3, 0.4) is 0 Å². The first kappa shape index (κ1) is 11.3. The van der Waals surface area contributed by atoms with Crippen LogP contribution in [0.25, 0.3) is 0 Å². The number of fused-ring (bicyclic) bond motifs is 5. The number of allylic oxidation sites excluding steroid dienone is 2. The molecule has 1 nitrogen and oxygen atoms in total. The van der Waals surface area contributed by atoms with E-state index in [9.17, 15) is 4.79 Å². The Morgan fingerprint density at radius 2 is 2.00 bits per heavy atom. The van der Waals surface area contributed by atoms with E-state index in [0.29, 0.717) is 23.0 Å². The molecule has 4 aliphatic carbocycles. The summed E-state index contributed by atoms with van der Waals surface area (Å²) in [6.45, 7) is 4.88. The standard InChI is InChI=1S/C17H24O/c1-17(2)14-8-7-11-10-5-3-4-6-15(18)12(10)9-13(11)16(14)17/h7,10,12-14,16H,3-6,8-9H2,1-2H3/t10-,12+,13-,14-,16+/m1/s1. The Kier molecular flexibility index (Phi) is 2.18. The smallest absolute Gasteiger partial charge is 0.136 e. The molecule has 4 aliphatic rings. The van der Waals surface area contributed by atoms with E-state index in [1.165, 1.54) is 25.7 Å². The molecular formula is C17H24O. The maximum Gasteiger partial charge on any atom is 0.136 e. The summed E-state index contributed by atoms with van der Waals surface area (Å²) in [5.74, 6) is 4.22. The van der Waals surface area contributed by atoms with Crippen molar-refractivity contribution >= 4 is 5.78 Å². The summed E-state index contributed by atoms with van der Waals surface area (Å²) < 4.78 is 0. The van der Waals surface area contributed by atoms with E-state index in [4.69, 9.17) is 0 Å². The average Bonchev–Trinajstić information content (AvgIpc) is 2.79. The largest absolute Gasteiger partial charge is 0.299 e. The van der Waals surface area contributed by atoms with Gasteiger partial charge in [0.25, 0.3) is 0 Å². The molecule has 3 fully saturated rings. The normalized spacial score (nSPS) is 48.7. The second-order valence-electron chi connectivity index (χ2n) is 7.66. The average molecular weight is 244 g/mol. The summed E-state index contributed by atoms with van der Waals surface area (Å²) in [5, 5.41) is 0. The summed E-state index contributed by atoms with van der Waals surface area (Å²) >= 11 is 0. The molecule has 0 aromatic heterocycles. The van der Waals surface area contributed by atoms with Crippen molar-refractivity contribution in [2.75, 3.05) is 0 Å². The van der Waals surface area contributed by atoms with Crippen molar-refractivity contribution in [2.45, 2.75) is 52.4 Å². The second-order valence-corrected chi connectivity index (χ2v) is 7.66. The Morgan fingerprint density at radius 1 is 1.17 bits per heavy atom. The minimum atomic E-state index is 0.402. The lowest BCUT2D eigenvalue weighted by Crippen LogP contribution is -2.16. The highest BCUT2D eigenvalue weighted by molar-refractivity contribution is 5.82. The summed E-state index contributed by atoms with van der Waals surface area (Å²) in [6.07, 6.45) is 9.59. The van der Waals surface area contributed by atoms with Crippen LogP contribution >= 0.6 is 0 Å². The number of ketones is 1. The molecule has 0 radical (unpaired) electrons. The van der Waals surface area contributed by atoms with Crippen molar-refractivity contribution in [1.29, 1.82) is 0 Å². The maximum absolute atomic E-state index is 12.3. The van der Waals surface area contributed by atoms with Gasteiger partial charge in [0.2, 0.25) is 0 Å². The van der Waals surface area contributed by atoms with E-state index in [1.54, 1.807) is 5.57 Å². The molecule has 0 heterocycles. The van der Waals surface area contributed by atoms with Crippen molar-refractivity contribution in [3.63, 3.8) is 0 Å². The summed E-state index contributed by atoms with van der Waals surface area (Å²) in [7, 11) is 0. The lowest BCUT2D eigenvalue weighted by molar-refractivity contribution is -0.123. The Bertz CT molecular complexity index is 431. The Balaban J connectivity index is 1.67. The van der Waals surface area contributed by atoms with Crippen molar-refractivity contribution < 1.29 is 4.79 Å². The fraction of sp³-hybridized carbons (Fsp3) is 0.824. The van der Waals surface area contributed by atoms with Crippen LogP contribution in [0.1, 0.15) is 52.4 Å². The molecule has 0 bridgehead atoms. The Labute approximate surface area is 110 Å². The van der Waals surface area contributed by atoms with Crippen LogP contribution < -0.4 is 0 Å². The summed E-state index contributed by atoms with van der Waals surface area (Å²) in [4.78, 5) is 12.3. The predicted octanol–water partition coefficient (Wildman–Crippen LogP) is 3.98. The molecule has 1 heteroatoms. The predicted molar refractivity (Wildman–Crippen MR) is 72.0 cm³/mol. The van der Waals surface area contributed by atoms with Crippen LogP contribution in [0.15, 0.2) is 11.6 Å². The molecule has 0 amide bonds. The van der Waals surface area contributed by atoms with Crippen LogP contribution in [0, 0.1) is 35.0 Å². The van der Waals surface area contributed by atoms with Gasteiger partial charge in [-0.3, -0.25) is 4.79 Å². The molecule has 0 aromatic carbocycles. The number of Topliss-reactive ketones (excluding diaryl/α,β-unsaturated/α-hetero) is 1. The third-order valence-electron chi connectivity index (χ3n) is 6.63. The van der Waals surface area contributed by atoms with E-state index in [0.717, 1.165) is 30.6 Å². The zero-order chi connectivity index (χ0) is 12.5. The molecule has 0 aliphatic heterocycles. The van der Waals surface area contributed by atoms with Crippen LogP contribution in [0.2, 0.25) is 0 Å². The first-order valence-corrected chi connectivity index (χ1v) is 7.83. The van der Waals surface area contributed by atoms with Crippen molar-refractivity contribution in [2.24, 2.45) is 35.0 Å². The zero-order valence-corrected chi connectivity index (χ0v) is 11.6. The maximum atomic E-state index is 12.3. The molecule has 4 rings (SSSR count). The molecule has 0 unspecified atom stereocenters. The SMILES string of the molecule is CC1(C)[C@H]2[C@@H]3C[C@@H]4C(=O)CCCC[C@@H]4C3=CC[C@H]21. The number of carbonyl (C=O) groups is 1. The Morgan fingerprint density at radius 3 is 2.83 bits per heavy atom. The van der Waals surface area contributed by atoms with Gasteiger partial charge in [0, 0.05) is 12.3 Å². The quantitative estimate of drug-likeness (QED) is 0.589. The van der Waals surface area contributed by atoms with E-state index in [-0.39, 0.29) is 0 Å². The van der Waals surface area contributed by atoms with E-state index >= 15 is 0 Å². The molecule has 5 atom stereocenters. The molecule has 98 valence electrons. The number of carbonyl (C=O) groups excluding carboxylic acids is 1. The molecule has 18 heavy (non-hydrogen) atoms. The highest BCUT2D eigenvalue weighted by atomic mass is 16.1. The van der Waals surface area contributed by atoms with Gasteiger partial charge in [0.15, 0.2) is 0 Å². The van der Waals surface area contributed by atoms with E-state index in [2.05, 4.69) is 19.9 Å². The minimum Gasteiger partial charge on any atom is -0.299 e. The molecule has 0 saturated heterocycles. The van der Waals surface area contributed by atoms with Gasteiger partial charge in [-0.15, -0.1) is 0 Å². The van der Waals surface area contributed by atoms with Crippen LogP contribution in [0.4, 0.5) is 0 Å². The van der Waals surface area contributed by atoms with Gasteiger partial charge in [-0.1, -0.05) is 31.9 Å². The van der Waals surface area contributed by atoms with Gasteiger partial charge in [-0.2, -0.15) is 0 Å². The second kappa shape index (κ2) is 3.49. The van der Waals surface area contributed by atoms with Crippen LogP contribution in [-0.2, 0) is 4.79 Å². The van der Waals surface area contributed by atoms with E-state index < -0.39 is 0 Å². The van der Waals surface area contributed by atoms with Crippen molar-refractivity contribution in [1.82, 2.24) is 0 Å². The van der Waals surface area contributed by atoms with Gasteiger partial charge >= 0.3 is 0 Å². The number of hydrogen-bond donors (Lipinski definition) is 0. The fourth-order valence-corrected chi connectivity index (χ4v) is 5.61. The highest BCUT2D eigenvalue weighted by Crippen LogP contribution is 2.70. The first-order valence-electron chi connectivity index (χ1n) is 7.83. The fourth-order valence-electron chi connectivity index (χ4n) is 5.61. The molecule has 0 aromatic rings. The topological polar surface area (TPSA) is 17.1 Å². The van der Waals surface area contributed by atoms with E-state index in [1.807, 2.05) is 0 Å². The summed E-state index contributed by atoms with van der Waals surface area (Å²) in [5.41, 5.74) is 2.26. The number of hydrogen-bond acceptors (Lipinski definition) is 1. The Hall–Kier alpha value is -0.590. The van der Waals surface area contributed by atoms with Gasteiger partial charge in [-0.25, -0.2) is 0 Å². The van der Waals surface area contributed by atoms with Gasteiger partial charge in [0.05, 0.1) is 0 Å². The van der Waals surface area contributed by atoms with Gasteiger partial charge in [-0.05, 0) is 54.8 Å². The van der Waals surface area contributed by atoms with Crippen molar-refractivity contribution in [3.8, 4) is 0 Å². The van der Waals surface area contributed by atoms with Gasteiger partial charge < -0.3 is 0 Å². The molecular weight excluding hydrogens is 220 g/mol. The lowest BCUT2D eigenvalue weighted by atomic mass is 9.84. The monoisotopic (exact) mass is 244 g/mol. The van der Waals surface area contributed by atoms with Crippen molar-refractivity contribution in [3.05, 3.63) is 11.6 Å². The zero-order valence-electron chi connectivity index (χ0n) is 11.6. The highest BCUT2D eigenvalue weighted by Gasteiger charge is 2.64. The minimum absolute atomic E-state index is 0.402. The van der Waals surface area contributed by atoms with Crippen LogP contribution in [0.5, 0.6) is 0 Å². The van der Waals surface area contributed by atoms with Crippen LogP contribution in [-0.4, -0.2) is 5.78 Å². The van der Waals surface area contributed by atoms with Gasteiger partial charge in [0.1, 0.15) is 5.78 Å². The first-order chi connectivity index (χ1) is 8.60. The molecule has 3 saturated carbocycles. The molecule has 0 N–H and O–H groups in total. The lowest BCUT2D eigenvalue weighted by Gasteiger charge is -2.21. The number of rotatable bonds is 0. The molecule has 0 spiro atoms. The summed E-state index contributed by atoms with van der Waals surface area (Å²) in [6, 6.07) is 0.